The van der Waals surface area contributed by atoms with Crippen LogP contribution in [0.5, 0.6) is 0 Å². The van der Waals surface area contributed by atoms with E-state index in [4.69, 9.17) is 9.97 Å². The van der Waals surface area contributed by atoms with Gasteiger partial charge in [0.15, 0.2) is 5.82 Å². The first-order valence-corrected chi connectivity index (χ1v) is 10.1. The molecule has 27 heavy (non-hydrogen) atoms. The van der Waals surface area contributed by atoms with Crippen LogP contribution in [0, 0.1) is 6.92 Å². The van der Waals surface area contributed by atoms with E-state index in [9.17, 15) is 4.79 Å². The van der Waals surface area contributed by atoms with Crippen LogP contribution in [0.25, 0.3) is 0 Å². The number of likely N-dealkylation sites (tertiary alicyclic amines) is 1. The first-order valence-electron chi connectivity index (χ1n) is 10.1. The number of rotatable bonds is 3. The second-order valence-corrected chi connectivity index (χ2v) is 7.76. The fourth-order valence-corrected chi connectivity index (χ4v) is 4.33. The van der Waals surface area contributed by atoms with Crippen molar-refractivity contribution in [2.75, 3.05) is 25.0 Å². The Labute approximate surface area is 161 Å². The first-order chi connectivity index (χ1) is 13.1. The van der Waals surface area contributed by atoms with Crippen LogP contribution in [0.4, 0.5) is 5.82 Å². The molecule has 0 saturated carbocycles. The second-order valence-electron chi connectivity index (χ2n) is 7.76. The van der Waals surface area contributed by atoms with Gasteiger partial charge in [0.1, 0.15) is 5.82 Å². The number of nitrogens with zero attached hydrogens (tertiary/aromatic N) is 4. The molecule has 0 radical (unpaired) electrons. The maximum atomic E-state index is 13.0. The summed E-state index contributed by atoms with van der Waals surface area (Å²) in [6, 6.07) is 9.99. The van der Waals surface area contributed by atoms with E-state index < -0.39 is 0 Å². The molecule has 1 fully saturated rings. The van der Waals surface area contributed by atoms with E-state index in [1.54, 1.807) is 0 Å². The zero-order chi connectivity index (χ0) is 18.8. The molecule has 0 aliphatic carbocycles. The minimum atomic E-state index is -0.00529. The summed E-state index contributed by atoms with van der Waals surface area (Å²) < 4.78 is 0. The highest BCUT2D eigenvalue weighted by Crippen LogP contribution is 2.33. The minimum Gasteiger partial charge on any atom is -0.359 e. The van der Waals surface area contributed by atoms with Crippen molar-refractivity contribution in [1.29, 1.82) is 0 Å². The van der Waals surface area contributed by atoms with Gasteiger partial charge in [0, 0.05) is 31.4 Å². The summed E-state index contributed by atoms with van der Waals surface area (Å²) in [6.07, 6.45) is 5.77. The van der Waals surface area contributed by atoms with E-state index in [1.807, 2.05) is 35.2 Å². The number of fused-ring (bicyclic) bond motifs is 1. The molecule has 4 rings (SSSR count). The third-order valence-corrected chi connectivity index (χ3v) is 5.81. The molecular formula is C22H28N4O. The van der Waals surface area contributed by atoms with Gasteiger partial charge in [-0.15, -0.1) is 0 Å². The maximum Gasteiger partial charge on any atom is 0.227 e. The number of hydrogen-bond acceptors (Lipinski definition) is 4. The zero-order valence-electron chi connectivity index (χ0n) is 16.3. The summed E-state index contributed by atoms with van der Waals surface area (Å²) in [5, 5.41) is 0. The van der Waals surface area contributed by atoms with Gasteiger partial charge in [0.2, 0.25) is 5.91 Å². The number of hydrogen-bond donors (Lipinski definition) is 0. The topological polar surface area (TPSA) is 49.3 Å². The highest BCUT2D eigenvalue weighted by molar-refractivity contribution is 5.79. The normalized spacial score (nSPS) is 19.7. The molecule has 0 spiro atoms. The van der Waals surface area contributed by atoms with Gasteiger partial charge in [-0.1, -0.05) is 30.3 Å². The van der Waals surface area contributed by atoms with Gasteiger partial charge in [-0.3, -0.25) is 4.79 Å². The highest BCUT2D eigenvalue weighted by atomic mass is 16.2. The number of benzene rings is 1. The molecule has 142 valence electrons. The number of aromatic nitrogens is 2. The molecule has 1 atom stereocenters. The van der Waals surface area contributed by atoms with Gasteiger partial charge >= 0.3 is 0 Å². The summed E-state index contributed by atoms with van der Waals surface area (Å²) >= 11 is 0. The summed E-state index contributed by atoms with van der Waals surface area (Å²) in [5.41, 5.74) is 3.40. The Morgan fingerprint density at radius 3 is 2.74 bits per heavy atom. The highest BCUT2D eigenvalue weighted by Gasteiger charge is 2.31. The SMILES string of the molecule is Cc1nc([C@H]2CCCCN2C(=O)Cc2ccccc2)nc2c1CCCN2C. The Kier molecular flexibility index (Phi) is 5.10. The number of carbonyl (C=O) groups is 1. The third-order valence-electron chi connectivity index (χ3n) is 5.81. The minimum absolute atomic E-state index is 0.00529. The number of aryl methyl sites for hydroxylation is 1. The predicted molar refractivity (Wildman–Crippen MR) is 107 cm³/mol. The van der Waals surface area contributed by atoms with Crippen molar-refractivity contribution in [2.24, 2.45) is 0 Å². The molecule has 3 heterocycles. The second kappa shape index (κ2) is 7.67. The molecule has 1 aromatic heterocycles. The summed E-state index contributed by atoms with van der Waals surface area (Å²) in [4.78, 5) is 27.1. The number of amides is 1. The van der Waals surface area contributed by atoms with Crippen molar-refractivity contribution < 1.29 is 4.79 Å². The number of piperidine rings is 1. The van der Waals surface area contributed by atoms with Crippen LogP contribution < -0.4 is 4.90 Å². The van der Waals surface area contributed by atoms with Gasteiger partial charge in [-0.05, 0) is 44.6 Å². The van der Waals surface area contributed by atoms with Gasteiger partial charge in [-0.2, -0.15) is 0 Å². The molecule has 5 nitrogen and oxygen atoms in total. The van der Waals surface area contributed by atoms with Crippen LogP contribution >= 0.6 is 0 Å². The van der Waals surface area contributed by atoms with E-state index >= 15 is 0 Å². The first kappa shape index (κ1) is 18.0. The molecule has 1 amide bonds. The molecule has 2 aliphatic rings. The van der Waals surface area contributed by atoms with Crippen molar-refractivity contribution in [3.8, 4) is 0 Å². The quantitative estimate of drug-likeness (QED) is 0.837. The molecule has 0 N–H and O–H groups in total. The van der Waals surface area contributed by atoms with Crippen LogP contribution in [0.15, 0.2) is 30.3 Å². The standard InChI is InChI=1S/C22H28N4O/c1-16-18-11-8-13-25(2)22(18)24-21(23-16)19-12-6-7-14-26(19)20(27)15-17-9-4-3-5-10-17/h3-5,9-10,19H,6-8,11-15H2,1-2H3/t19-/m1/s1. The van der Waals surface area contributed by atoms with Crippen LogP contribution in [-0.4, -0.2) is 40.9 Å². The molecule has 2 aromatic rings. The number of anilines is 1. The molecule has 2 aliphatic heterocycles. The fraction of sp³-hybridized carbons (Fsp3) is 0.500. The van der Waals surface area contributed by atoms with E-state index in [0.29, 0.717) is 6.42 Å². The lowest BCUT2D eigenvalue weighted by molar-refractivity contribution is -0.134. The average molecular weight is 364 g/mol. The fourth-order valence-electron chi connectivity index (χ4n) is 4.33. The van der Waals surface area contributed by atoms with Crippen LogP contribution in [0.2, 0.25) is 0 Å². The van der Waals surface area contributed by atoms with Gasteiger partial charge in [-0.25, -0.2) is 9.97 Å². The molecule has 0 unspecified atom stereocenters. The smallest absolute Gasteiger partial charge is 0.227 e. The molecule has 1 aromatic carbocycles. The lowest BCUT2D eigenvalue weighted by Crippen LogP contribution is -2.40. The van der Waals surface area contributed by atoms with Gasteiger partial charge in [0.25, 0.3) is 0 Å². The zero-order valence-corrected chi connectivity index (χ0v) is 16.3. The van der Waals surface area contributed by atoms with E-state index in [2.05, 4.69) is 18.9 Å². The van der Waals surface area contributed by atoms with Crippen LogP contribution in [0.1, 0.15) is 54.4 Å². The van der Waals surface area contributed by atoms with E-state index in [-0.39, 0.29) is 11.9 Å². The summed E-state index contributed by atoms with van der Waals surface area (Å²) in [6.45, 7) is 3.91. The lowest BCUT2D eigenvalue weighted by Gasteiger charge is -2.36. The Balaban J connectivity index is 1.62. The largest absolute Gasteiger partial charge is 0.359 e. The molecule has 5 heteroatoms. The average Bonchev–Trinajstić information content (AvgIpc) is 2.69. The van der Waals surface area contributed by atoms with E-state index in [0.717, 1.165) is 68.1 Å². The maximum absolute atomic E-state index is 13.0. The monoisotopic (exact) mass is 364 g/mol. The van der Waals surface area contributed by atoms with Crippen LogP contribution in [-0.2, 0) is 17.6 Å². The van der Waals surface area contributed by atoms with Crippen molar-refractivity contribution in [1.82, 2.24) is 14.9 Å². The molecular weight excluding hydrogens is 336 g/mol. The van der Waals surface area contributed by atoms with Gasteiger partial charge in [0.05, 0.1) is 12.5 Å². The van der Waals surface area contributed by atoms with Crippen molar-refractivity contribution >= 4 is 11.7 Å². The lowest BCUT2D eigenvalue weighted by atomic mass is 9.98. The summed E-state index contributed by atoms with van der Waals surface area (Å²) in [5.74, 6) is 2.06. The van der Waals surface area contributed by atoms with Crippen molar-refractivity contribution in [2.45, 2.75) is 51.5 Å². The van der Waals surface area contributed by atoms with Gasteiger partial charge < -0.3 is 9.80 Å². The van der Waals surface area contributed by atoms with E-state index in [1.165, 1.54) is 5.56 Å². The summed E-state index contributed by atoms with van der Waals surface area (Å²) in [7, 11) is 2.10. The Morgan fingerprint density at radius 1 is 1.11 bits per heavy atom. The van der Waals surface area contributed by atoms with Crippen molar-refractivity contribution in [3.05, 3.63) is 53.0 Å². The van der Waals surface area contributed by atoms with Crippen molar-refractivity contribution in [3.63, 3.8) is 0 Å². The Morgan fingerprint density at radius 2 is 1.93 bits per heavy atom. The predicted octanol–water partition coefficient (Wildman–Crippen LogP) is 3.46. The Hall–Kier alpha value is -2.43. The molecule has 1 saturated heterocycles. The van der Waals surface area contributed by atoms with Crippen LogP contribution in [0.3, 0.4) is 0 Å². The third kappa shape index (κ3) is 3.68. The Bertz CT molecular complexity index is 821. The number of carbonyl (C=O) groups excluding carboxylic acids is 1. The molecule has 0 bridgehead atoms.